The number of hydrazine groups is 1. The maximum Gasteiger partial charge on any atom is 0.277 e. The maximum absolute atomic E-state index is 12.3. The molecule has 2 aromatic carbocycles. The molecule has 1 aromatic heterocycles. The summed E-state index contributed by atoms with van der Waals surface area (Å²) in [6.45, 7) is 3.97. The molecule has 1 heterocycles. The lowest BCUT2D eigenvalue weighted by Gasteiger charge is -2.10. The first-order valence-corrected chi connectivity index (χ1v) is 10.2. The van der Waals surface area contributed by atoms with Crippen molar-refractivity contribution in [1.82, 2.24) is 21.0 Å². The molecule has 0 bridgehead atoms. The highest BCUT2D eigenvalue weighted by molar-refractivity contribution is 7.99. The number of benzene rings is 2. The monoisotopic (exact) mass is 446 g/mol. The van der Waals surface area contributed by atoms with Crippen molar-refractivity contribution in [1.29, 1.82) is 0 Å². The Morgan fingerprint density at radius 1 is 1.10 bits per heavy atom. The van der Waals surface area contributed by atoms with Gasteiger partial charge in [0.1, 0.15) is 5.75 Å². The second kappa shape index (κ2) is 9.64. The first kappa shape index (κ1) is 21.7. The smallest absolute Gasteiger partial charge is 0.277 e. The fraction of sp³-hybridized carbons (Fsp3) is 0.200. The van der Waals surface area contributed by atoms with Crippen LogP contribution in [0.2, 0.25) is 5.02 Å². The first-order valence-electron chi connectivity index (χ1n) is 8.83. The molecule has 0 radical (unpaired) electrons. The third-order valence-corrected chi connectivity index (χ3v) is 4.98. The van der Waals surface area contributed by atoms with Crippen molar-refractivity contribution in [2.45, 2.75) is 19.1 Å². The van der Waals surface area contributed by atoms with E-state index in [9.17, 15) is 9.59 Å². The van der Waals surface area contributed by atoms with E-state index >= 15 is 0 Å². The van der Waals surface area contributed by atoms with Crippen LogP contribution in [0.4, 0.5) is 0 Å². The highest BCUT2D eigenvalue weighted by Crippen LogP contribution is 2.25. The molecular weight excluding hydrogens is 428 g/mol. The number of nitrogens with zero attached hydrogens (tertiary/aromatic N) is 2. The molecule has 3 aromatic rings. The van der Waals surface area contributed by atoms with Crippen LogP contribution in [0, 0.1) is 13.8 Å². The number of thioether (sulfide) groups is 1. The van der Waals surface area contributed by atoms with Crippen LogP contribution in [0.3, 0.4) is 0 Å². The second-order valence-electron chi connectivity index (χ2n) is 6.39. The van der Waals surface area contributed by atoms with Gasteiger partial charge in [-0.05, 0) is 44.2 Å². The Hall–Kier alpha value is -3.04. The maximum atomic E-state index is 12.3. The summed E-state index contributed by atoms with van der Waals surface area (Å²) >= 11 is 6.97. The summed E-state index contributed by atoms with van der Waals surface area (Å²) in [6.07, 6.45) is 0. The van der Waals surface area contributed by atoms with Crippen molar-refractivity contribution < 1.29 is 18.7 Å². The minimum atomic E-state index is -0.553. The third kappa shape index (κ3) is 5.52. The molecule has 2 amide bonds. The summed E-state index contributed by atoms with van der Waals surface area (Å²) in [5.74, 6) is -0.305. The summed E-state index contributed by atoms with van der Waals surface area (Å²) < 4.78 is 10.7. The van der Waals surface area contributed by atoms with Gasteiger partial charge >= 0.3 is 0 Å². The number of methoxy groups -OCH3 is 1. The number of carbonyl (C=O) groups is 2. The van der Waals surface area contributed by atoms with Crippen LogP contribution in [-0.2, 0) is 4.79 Å². The Morgan fingerprint density at radius 2 is 1.83 bits per heavy atom. The third-order valence-electron chi connectivity index (χ3n) is 3.92. The molecule has 8 nitrogen and oxygen atoms in total. The SMILES string of the molecule is COc1ccc(Cl)cc1C(=O)NNC(=O)CSc1nnc(-c2cc(C)cc(C)c2)o1. The highest BCUT2D eigenvalue weighted by atomic mass is 35.5. The van der Waals surface area contributed by atoms with Gasteiger partial charge in [-0.25, -0.2) is 0 Å². The van der Waals surface area contributed by atoms with Crippen LogP contribution in [-0.4, -0.2) is 34.9 Å². The van der Waals surface area contributed by atoms with E-state index in [1.807, 2.05) is 32.0 Å². The Bertz CT molecular complexity index is 1070. The van der Waals surface area contributed by atoms with Crippen molar-refractivity contribution in [2.24, 2.45) is 0 Å². The number of aryl methyl sites for hydroxylation is 2. The molecule has 0 fully saturated rings. The molecule has 0 saturated carbocycles. The normalized spacial score (nSPS) is 10.5. The van der Waals surface area contributed by atoms with E-state index in [4.69, 9.17) is 20.8 Å². The first-order chi connectivity index (χ1) is 14.4. The average molecular weight is 447 g/mol. The molecule has 0 aliphatic carbocycles. The van der Waals surface area contributed by atoms with Crippen molar-refractivity contribution >= 4 is 35.2 Å². The van der Waals surface area contributed by atoms with Crippen LogP contribution < -0.4 is 15.6 Å². The molecule has 3 rings (SSSR count). The van der Waals surface area contributed by atoms with E-state index in [-0.39, 0.29) is 16.5 Å². The van der Waals surface area contributed by atoms with Crippen molar-refractivity contribution in [3.63, 3.8) is 0 Å². The van der Waals surface area contributed by atoms with Crippen molar-refractivity contribution in [3.05, 3.63) is 58.1 Å². The molecule has 0 aliphatic heterocycles. The lowest BCUT2D eigenvalue weighted by molar-refractivity contribution is -0.119. The van der Waals surface area contributed by atoms with E-state index in [1.165, 1.54) is 13.2 Å². The number of nitrogens with one attached hydrogen (secondary N) is 2. The van der Waals surface area contributed by atoms with Gasteiger partial charge in [-0.3, -0.25) is 20.4 Å². The fourth-order valence-corrected chi connectivity index (χ4v) is 3.43. The van der Waals surface area contributed by atoms with Crippen LogP contribution in [0.15, 0.2) is 46.0 Å². The van der Waals surface area contributed by atoms with Gasteiger partial charge in [0.25, 0.3) is 11.1 Å². The highest BCUT2D eigenvalue weighted by Gasteiger charge is 2.15. The van der Waals surface area contributed by atoms with Crippen LogP contribution in [0.1, 0.15) is 21.5 Å². The zero-order valence-corrected chi connectivity index (χ0v) is 18.1. The summed E-state index contributed by atoms with van der Waals surface area (Å²) in [5, 5.41) is 8.60. The van der Waals surface area contributed by atoms with E-state index in [0.29, 0.717) is 16.7 Å². The minimum Gasteiger partial charge on any atom is -0.496 e. The molecule has 2 N–H and O–H groups in total. The van der Waals surface area contributed by atoms with Crippen LogP contribution in [0.25, 0.3) is 11.5 Å². The van der Waals surface area contributed by atoms with E-state index < -0.39 is 11.8 Å². The van der Waals surface area contributed by atoms with E-state index in [1.54, 1.807) is 12.1 Å². The van der Waals surface area contributed by atoms with Crippen molar-refractivity contribution in [2.75, 3.05) is 12.9 Å². The van der Waals surface area contributed by atoms with Crippen molar-refractivity contribution in [3.8, 4) is 17.2 Å². The number of carbonyl (C=O) groups excluding carboxylic acids is 2. The number of hydrogen-bond donors (Lipinski definition) is 2. The number of rotatable bonds is 6. The van der Waals surface area contributed by atoms with Gasteiger partial charge in [-0.15, -0.1) is 10.2 Å². The standard InChI is InChI=1S/C20H19ClN4O4S/c1-11-6-12(2)8-13(7-11)19-24-25-20(29-19)30-10-17(26)22-23-18(27)15-9-14(21)4-5-16(15)28-3/h4-9H,10H2,1-3H3,(H,22,26)(H,23,27). The zero-order chi connectivity index (χ0) is 21.7. The lowest BCUT2D eigenvalue weighted by atomic mass is 10.1. The quantitative estimate of drug-likeness (QED) is 0.440. The zero-order valence-electron chi connectivity index (χ0n) is 16.5. The Labute approximate surface area is 182 Å². The molecule has 156 valence electrons. The number of halogens is 1. The summed E-state index contributed by atoms with van der Waals surface area (Å²) in [6, 6.07) is 10.6. The molecule has 0 saturated heterocycles. The van der Waals surface area contributed by atoms with Crippen LogP contribution >= 0.6 is 23.4 Å². The lowest BCUT2D eigenvalue weighted by Crippen LogP contribution is -2.42. The van der Waals surface area contributed by atoms with Gasteiger partial charge in [0.15, 0.2) is 0 Å². The van der Waals surface area contributed by atoms with E-state index in [0.717, 1.165) is 28.5 Å². The topological polar surface area (TPSA) is 106 Å². The number of ether oxygens (including phenoxy) is 1. The number of amides is 2. The van der Waals surface area contributed by atoms with Gasteiger partial charge in [0.05, 0.1) is 18.4 Å². The van der Waals surface area contributed by atoms with Crippen LogP contribution in [0.5, 0.6) is 5.75 Å². The average Bonchev–Trinajstić information content (AvgIpc) is 3.19. The fourth-order valence-electron chi connectivity index (χ4n) is 2.70. The number of hydrogen-bond acceptors (Lipinski definition) is 7. The Balaban J connectivity index is 1.54. The molecule has 0 unspecified atom stereocenters. The molecule has 30 heavy (non-hydrogen) atoms. The largest absolute Gasteiger partial charge is 0.496 e. The van der Waals surface area contributed by atoms with Gasteiger partial charge in [0, 0.05) is 10.6 Å². The minimum absolute atomic E-state index is 0.0263. The summed E-state index contributed by atoms with van der Waals surface area (Å²) in [4.78, 5) is 24.3. The number of aromatic nitrogens is 2. The molecule has 10 heteroatoms. The van der Waals surface area contributed by atoms with Gasteiger partial charge in [-0.1, -0.05) is 40.6 Å². The summed E-state index contributed by atoms with van der Waals surface area (Å²) in [5.41, 5.74) is 7.85. The molecule has 0 spiro atoms. The van der Waals surface area contributed by atoms with Gasteiger partial charge in [0.2, 0.25) is 11.8 Å². The molecule has 0 aliphatic rings. The van der Waals surface area contributed by atoms with Gasteiger partial charge in [-0.2, -0.15) is 0 Å². The summed E-state index contributed by atoms with van der Waals surface area (Å²) in [7, 11) is 1.44. The predicted molar refractivity (Wildman–Crippen MR) is 114 cm³/mol. The molecular formula is C20H19ClN4O4S. The van der Waals surface area contributed by atoms with E-state index in [2.05, 4.69) is 21.0 Å². The molecule has 0 atom stereocenters. The second-order valence-corrected chi connectivity index (χ2v) is 7.75. The predicted octanol–water partition coefficient (Wildman–Crippen LogP) is 3.57. The van der Waals surface area contributed by atoms with Gasteiger partial charge < -0.3 is 9.15 Å². The Morgan fingerprint density at radius 3 is 2.53 bits per heavy atom. The Kier molecular flexibility index (Phi) is 6.96.